The van der Waals surface area contributed by atoms with Gasteiger partial charge in [-0.25, -0.2) is 0 Å². The van der Waals surface area contributed by atoms with E-state index in [0.29, 0.717) is 0 Å². The van der Waals surface area contributed by atoms with Gasteiger partial charge < -0.3 is 9.47 Å². The van der Waals surface area contributed by atoms with Gasteiger partial charge in [-0.15, -0.1) is 0 Å². The number of rotatable bonds is 3. The van der Waals surface area contributed by atoms with Crippen LogP contribution >= 0.6 is 0 Å². The highest BCUT2D eigenvalue weighted by Crippen LogP contribution is 2.65. The average molecular weight is 691 g/mol. The Morgan fingerprint density at radius 1 is 0.537 bits per heavy atom. The molecule has 0 saturated heterocycles. The molecule has 2 aliphatic carbocycles. The van der Waals surface area contributed by atoms with E-state index in [1.807, 2.05) is 0 Å². The van der Waals surface area contributed by atoms with Gasteiger partial charge in [-0.2, -0.15) is 0 Å². The van der Waals surface area contributed by atoms with E-state index in [1.165, 1.54) is 66.4 Å². The first-order valence-electron chi connectivity index (χ1n) is 18.9. The number of hydrogen-bond acceptors (Lipinski definition) is 1. The second-order valence-electron chi connectivity index (χ2n) is 15.1. The molecule has 0 fully saturated rings. The Morgan fingerprint density at radius 2 is 1.19 bits per heavy atom. The van der Waals surface area contributed by atoms with E-state index < -0.39 is 5.41 Å². The fraction of sp³-hybridized carbons (Fsp3) is 0.0769. The second kappa shape index (κ2) is 11.4. The molecular weight excluding hydrogens is 653 g/mol. The van der Waals surface area contributed by atoms with Crippen molar-refractivity contribution < 1.29 is 0 Å². The summed E-state index contributed by atoms with van der Waals surface area (Å²) in [5, 5.41) is 2.51. The molecule has 11 rings (SSSR count). The van der Waals surface area contributed by atoms with Gasteiger partial charge in [-0.3, -0.25) is 0 Å². The summed E-state index contributed by atoms with van der Waals surface area (Å²) in [6, 6.07) is 60.6. The Bertz CT molecular complexity index is 2850. The first-order valence-corrected chi connectivity index (χ1v) is 18.9. The van der Waals surface area contributed by atoms with Gasteiger partial charge in [0.2, 0.25) is 0 Å². The number of para-hydroxylation sites is 3. The summed E-state index contributed by atoms with van der Waals surface area (Å²) in [5.74, 6) is 0. The maximum absolute atomic E-state index is 4.98. The zero-order chi connectivity index (χ0) is 36.0. The second-order valence-corrected chi connectivity index (χ2v) is 15.1. The highest BCUT2D eigenvalue weighted by Gasteiger charge is 2.55. The molecule has 2 heteroatoms. The van der Waals surface area contributed by atoms with Crippen molar-refractivity contribution in [1.29, 1.82) is 0 Å². The van der Waals surface area contributed by atoms with Crippen molar-refractivity contribution in [3.63, 3.8) is 0 Å². The van der Waals surface area contributed by atoms with E-state index in [4.69, 9.17) is 6.58 Å². The molecule has 0 saturated carbocycles. The molecule has 0 amide bonds. The normalized spacial score (nSPS) is 20.7. The Balaban J connectivity index is 1.31. The molecular formula is C52H38N2. The van der Waals surface area contributed by atoms with E-state index in [-0.39, 0.29) is 5.41 Å². The first kappa shape index (κ1) is 30.9. The number of nitrogens with zero attached hydrogens (tertiary/aromatic N) is 2. The van der Waals surface area contributed by atoms with Crippen molar-refractivity contribution in [3.8, 4) is 16.8 Å². The van der Waals surface area contributed by atoms with E-state index in [1.54, 1.807) is 0 Å². The molecule has 2 heterocycles. The third kappa shape index (κ3) is 4.00. The third-order valence-electron chi connectivity index (χ3n) is 12.4. The van der Waals surface area contributed by atoms with Crippen molar-refractivity contribution >= 4 is 38.9 Å². The fourth-order valence-corrected chi connectivity index (χ4v) is 10.1. The molecule has 0 radical (unpaired) electrons. The molecule has 256 valence electrons. The Morgan fingerprint density at radius 3 is 1.98 bits per heavy atom. The minimum Gasteiger partial charge on any atom is -0.309 e. The molecule has 2 nitrogen and oxygen atoms in total. The third-order valence-corrected chi connectivity index (χ3v) is 12.4. The summed E-state index contributed by atoms with van der Waals surface area (Å²) in [5.41, 5.74) is 16.2. The van der Waals surface area contributed by atoms with Crippen LogP contribution in [0.2, 0.25) is 0 Å². The van der Waals surface area contributed by atoms with Crippen LogP contribution in [0.25, 0.3) is 38.6 Å². The number of benzene rings is 7. The quantitative estimate of drug-likeness (QED) is 0.179. The van der Waals surface area contributed by atoms with Crippen molar-refractivity contribution in [2.75, 3.05) is 4.90 Å². The number of fused-ring (bicyclic) bond motifs is 5. The molecule has 3 aliphatic rings. The Hall–Kier alpha value is -6.64. The molecule has 1 spiro atoms. The van der Waals surface area contributed by atoms with Crippen molar-refractivity contribution in [2.45, 2.75) is 24.2 Å². The molecule has 2 atom stereocenters. The topological polar surface area (TPSA) is 8.17 Å². The molecule has 2 bridgehead atoms. The first-order chi connectivity index (χ1) is 26.6. The lowest BCUT2D eigenvalue weighted by Gasteiger charge is -2.54. The van der Waals surface area contributed by atoms with E-state index in [2.05, 4.69) is 204 Å². The van der Waals surface area contributed by atoms with Crippen LogP contribution in [0.3, 0.4) is 0 Å². The molecule has 1 aromatic heterocycles. The lowest BCUT2D eigenvalue weighted by atomic mass is 9.51. The van der Waals surface area contributed by atoms with Gasteiger partial charge in [0.15, 0.2) is 0 Å². The highest BCUT2D eigenvalue weighted by atomic mass is 15.2. The Labute approximate surface area is 316 Å². The van der Waals surface area contributed by atoms with Gasteiger partial charge in [0.1, 0.15) is 0 Å². The van der Waals surface area contributed by atoms with Gasteiger partial charge >= 0.3 is 0 Å². The molecule has 7 aromatic carbocycles. The lowest BCUT2D eigenvalue weighted by Crippen LogP contribution is -2.46. The van der Waals surface area contributed by atoms with Crippen LogP contribution < -0.4 is 4.90 Å². The van der Waals surface area contributed by atoms with Gasteiger partial charge in [0.25, 0.3) is 0 Å². The largest absolute Gasteiger partial charge is 0.309 e. The summed E-state index contributed by atoms with van der Waals surface area (Å²) in [4.78, 5) is 2.55. The fourth-order valence-electron chi connectivity index (χ4n) is 10.1. The average Bonchev–Trinajstić information content (AvgIpc) is 3.56. The summed E-state index contributed by atoms with van der Waals surface area (Å²) >= 11 is 0. The van der Waals surface area contributed by atoms with Gasteiger partial charge in [-0.1, -0.05) is 165 Å². The number of anilines is 3. The van der Waals surface area contributed by atoms with Crippen molar-refractivity contribution in [2.24, 2.45) is 0 Å². The van der Waals surface area contributed by atoms with E-state index >= 15 is 0 Å². The number of allylic oxidation sites excluding steroid dienone is 5. The summed E-state index contributed by atoms with van der Waals surface area (Å²) < 4.78 is 2.44. The molecule has 54 heavy (non-hydrogen) atoms. The lowest BCUT2D eigenvalue weighted by molar-refractivity contribution is 0.517. The maximum atomic E-state index is 4.98. The van der Waals surface area contributed by atoms with Crippen LogP contribution in [-0.2, 0) is 10.8 Å². The highest BCUT2D eigenvalue weighted by molar-refractivity contribution is 6.09. The Kier molecular flexibility index (Phi) is 6.55. The van der Waals surface area contributed by atoms with Crippen LogP contribution in [-0.4, -0.2) is 4.57 Å². The zero-order valence-corrected chi connectivity index (χ0v) is 30.2. The SMILES string of the molecule is C=C1/C=C\C=C/CC2(C)c3ccccc3C13c1ccc(-n4c5ccccc5c5ccccc54)cc1N(c1ccccc1-c1ccccc1)c1cccc2c13. The predicted octanol–water partition coefficient (Wildman–Crippen LogP) is 13.3. The molecule has 8 aromatic rings. The maximum Gasteiger partial charge on any atom is 0.0742 e. The van der Waals surface area contributed by atoms with Crippen LogP contribution in [0.5, 0.6) is 0 Å². The van der Waals surface area contributed by atoms with Gasteiger partial charge in [0, 0.05) is 27.4 Å². The molecule has 1 aliphatic heterocycles. The van der Waals surface area contributed by atoms with Crippen molar-refractivity contribution in [3.05, 3.63) is 228 Å². The summed E-state index contributed by atoms with van der Waals surface area (Å²) in [6.07, 6.45) is 9.87. The number of aromatic nitrogens is 1. The smallest absolute Gasteiger partial charge is 0.0742 e. The van der Waals surface area contributed by atoms with Gasteiger partial charge in [-0.05, 0) is 81.8 Å². The minimum absolute atomic E-state index is 0.238. The van der Waals surface area contributed by atoms with E-state index in [9.17, 15) is 0 Å². The van der Waals surface area contributed by atoms with Crippen LogP contribution in [0.15, 0.2) is 200 Å². The summed E-state index contributed by atoms with van der Waals surface area (Å²) in [7, 11) is 0. The van der Waals surface area contributed by atoms with Crippen molar-refractivity contribution in [1.82, 2.24) is 4.57 Å². The molecule has 0 N–H and O–H groups in total. The van der Waals surface area contributed by atoms with Crippen LogP contribution in [0.1, 0.15) is 41.2 Å². The molecule has 2 unspecified atom stereocenters. The summed E-state index contributed by atoms with van der Waals surface area (Å²) in [6.45, 7) is 7.41. The predicted molar refractivity (Wildman–Crippen MR) is 226 cm³/mol. The van der Waals surface area contributed by atoms with E-state index in [0.717, 1.165) is 29.1 Å². The van der Waals surface area contributed by atoms with Crippen LogP contribution in [0.4, 0.5) is 17.1 Å². The zero-order valence-electron chi connectivity index (χ0n) is 30.2. The standard InChI is InChI=1S/C52H38N2/c1-35-18-5-4-16-33-51(2)41-24-11-12-25-42(41)52(35)43-32-31-37(53-46-28-14-9-22-39(46)40-23-10-15-29-47(40)53)34-49(43)54(48-30-17-26-44(51)50(48)52)45-27-13-8-21-38(45)36-19-6-3-7-20-36/h3-32,34H,1,33H2,2H3/b16-4-,18-5-. The number of hydrogen-bond donors (Lipinski definition) is 0. The van der Waals surface area contributed by atoms with Crippen LogP contribution in [0, 0.1) is 0 Å². The monoisotopic (exact) mass is 690 g/mol. The minimum atomic E-state index is -0.614. The van der Waals surface area contributed by atoms with Gasteiger partial charge in [0.05, 0.1) is 33.5 Å².